The molecule has 1 aromatic carbocycles. The second kappa shape index (κ2) is 6.44. The second-order valence-corrected chi connectivity index (χ2v) is 5.49. The first-order chi connectivity index (χ1) is 10.7. The molecule has 0 spiro atoms. The van der Waals surface area contributed by atoms with E-state index in [1.54, 1.807) is 19.5 Å². The van der Waals surface area contributed by atoms with Gasteiger partial charge in [0.1, 0.15) is 11.6 Å². The highest BCUT2D eigenvalue weighted by molar-refractivity contribution is 8.18. The first-order valence-corrected chi connectivity index (χ1v) is 7.40. The largest absolute Gasteiger partial charge is 0.497 e. The lowest BCUT2D eigenvalue weighted by Crippen LogP contribution is -2.18. The number of methoxy groups -OCH3 is 1. The van der Waals surface area contributed by atoms with E-state index in [0.717, 1.165) is 28.0 Å². The fourth-order valence-corrected chi connectivity index (χ4v) is 2.67. The molecule has 2 heterocycles. The van der Waals surface area contributed by atoms with Gasteiger partial charge in [-0.2, -0.15) is 0 Å². The summed E-state index contributed by atoms with van der Waals surface area (Å²) in [5, 5.41) is 2.61. The molecule has 0 saturated carbocycles. The molecular formula is C16H13N3O2S. The predicted molar refractivity (Wildman–Crippen MR) is 88.4 cm³/mol. The molecule has 0 atom stereocenters. The van der Waals surface area contributed by atoms with Crippen LogP contribution in [0.3, 0.4) is 0 Å². The van der Waals surface area contributed by atoms with Crippen molar-refractivity contribution in [2.45, 2.75) is 0 Å². The van der Waals surface area contributed by atoms with E-state index in [0.29, 0.717) is 11.5 Å². The van der Waals surface area contributed by atoms with E-state index in [1.165, 1.54) is 0 Å². The van der Waals surface area contributed by atoms with Gasteiger partial charge in [0.25, 0.3) is 5.24 Å². The SMILES string of the molecule is COc1cccc(N=C2NC(=O)SC2=Cc2cccnc2)c1. The number of nitrogens with zero attached hydrogens (tertiary/aromatic N) is 2. The number of hydrogen-bond acceptors (Lipinski definition) is 5. The average Bonchev–Trinajstić information content (AvgIpc) is 2.88. The molecule has 0 aliphatic carbocycles. The van der Waals surface area contributed by atoms with Gasteiger partial charge in [0.15, 0.2) is 0 Å². The molecule has 6 heteroatoms. The van der Waals surface area contributed by atoms with Gasteiger partial charge in [-0.05, 0) is 41.6 Å². The van der Waals surface area contributed by atoms with E-state index in [9.17, 15) is 4.79 Å². The molecule has 110 valence electrons. The summed E-state index contributed by atoms with van der Waals surface area (Å²) in [7, 11) is 1.60. The topological polar surface area (TPSA) is 63.6 Å². The zero-order valence-corrected chi connectivity index (χ0v) is 12.6. The number of pyridine rings is 1. The summed E-state index contributed by atoms with van der Waals surface area (Å²) in [6.07, 6.45) is 5.33. The van der Waals surface area contributed by atoms with Crippen LogP contribution in [0.2, 0.25) is 0 Å². The van der Waals surface area contributed by atoms with Crippen molar-refractivity contribution < 1.29 is 9.53 Å². The smallest absolute Gasteiger partial charge is 0.289 e. The third-order valence-electron chi connectivity index (χ3n) is 2.93. The summed E-state index contributed by atoms with van der Waals surface area (Å²) >= 11 is 1.12. The third-order valence-corrected chi connectivity index (χ3v) is 3.75. The zero-order valence-electron chi connectivity index (χ0n) is 11.8. The third kappa shape index (κ3) is 3.35. The van der Waals surface area contributed by atoms with Crippen molar-refractivity contribution >= 4 is 34.6 Å². The molecule has 1 fully saturated rings. The summed E-state index contributed by atoms with van der Waals surface area (Å²) in [6, 6.07) is 11.1. The Morgan fingerprint density at radius 2 is 2.23 bits per heavy atom. The number of carbonyl (C=O) groups excluding carboxylic acids is 1. The van der Waals surface area contributed by atoms with Gasteiger partial charge in [-0.15, -0.1) is 0 Å². The lowest BCUT2D eigenvalue weighted by Gasteiger charge is -2.02. The molecule has 0 radical (unpaired) electrons. The van der Waals surface area contributed by atoms with Gasteiger partial charge >= 0.3 is 0 Å². The first kappa shape index (κ1) is 14.3. The van der Waals surface area contributed by atoms with Gasteiger partial charge < -0.3 is 10.1 Å². The highest BCUT2D eigenvalue weighted by Gasteiger charge is 2.23. The van der Waals surface area contributed by atoms with Gasteiger partial charge in [-0.1, -0.05) is 12.1 Å². The van der Waals surface area contributed by atoms with Crippen molar-refractivity contribution in [1.82, 2.24) is 10.3 Å². The Balaban J connectivity index is 1.95. The molecule has 3 rings (SSSR count). The molecule has 1 amide bonds. The Hall–Kier alpha value is -2.60. The second-order valence-electron chi connectivity index (χ2n) is 4.47. The fraction of sp³-hybridized carbons (Fsp3) is 0.0625. The molecular weight excluding hydrogens is 298 g/mol. The first-order valence-electron chi connectivity index (χ1n) is 6.58. The van der Waals surface area contributed by atoms with Crippen LogP contribution in [0.5, 0.6) is 5.75 Å². The molecule has 1 N–H and O–H groups in total. The Labute approximate surface area is 132 Å². The van der Waals surface area contributed by atoms with Gasteiger partial charge in [-0.3, -0.25) is 9.78 Å². The Morgan fingerprint density at radius 3 is 3.00 bits per heavy atom. The maximum atomic E-state index is 11.7. The lowest BCUT2D eigenvalue weighted by molar-refractivity contribution is 0.265. The van der Waals surface area contributed by atoms with E-state index < -0.39 is 0 Å². The van der Waals surface area contributed by atoms with Crippen LogP contribution < -0.4 is 10.1 Å². The average molecular weight is 311 g/mol. The molecule has 0 unspecified atom stereocenters. The van der Waals surface area contributed by atoms with E-state index in [4.69, 9.17) is 4.74 Å². The molecule has 1 aliphatic heterocycles. The number of benzene rings is 1. The number of aliphatic imine (C=N–C) groups is 1. The van der Waals surface area contributed by atoms with Crippen molar-refractivity contribution in [3.63, 3.8) is 0 Å². The van der Waals surface area contributed by atoms with Crippen LogP contribution in [0, 0.1) is 0 Å². The highest BCUT2D eigenvalue weighted by Crippen LogP contribution is 2.29. The van der Waals surface area contributed by atoms with E-state index in [2.05, 4.69) is 15.3 Å². The standard InChI is InChI=1S/C16H13N3O2S/c1-21-13-6-2-5-12(9-13)18-15-14(22-16(20)19-15)8-11-4-3-7-17-10-11/h2-10H,1H3,(H,18,19,20). The number of aromatic nitrogens is 1. The summed E-state index contributed by atoms with van der Waals surface area (Å²) in [5.74, 6) is 1.25. The summed E-state index contributed by atoms with van der Waals surface area (Å²) in [5.41, 5.74) is 1.63. The Morgan fingerprint density at radius 1 is 1.32 bits per heavy atom. The number of carbonyl (C=O) groups is 1. The van der Waals surface area contributed by atoms with E-state index in [-0.39, 0.29) is 5.24 Å². The number of amides is 1. The molecule has 2 aromatic rings. The van der Waals surface area contributed by atoms with Gasteiger partial charge in [0.05, 0.1) is 17.7 Å². The van der Waals surface area contributed by atoms with Crippen LogP contribution in [0.4, 0.5) is 10.5 Å². The van der Waals surface area contributed by atoms with Gasteiger partial charge in [-0.25, -0.2) is 4.99 Å². The molecule has 5 nitrogen and oxygen atoms in total. The van der Waals surface area contributed by atoms with Crippen LogP contribution in [-0.4, -0.2) is 23.2 Å². The quantitative estimate of drug-likeness (QED) is 0.940. The summed E-state index contributed by atoms with van der Waals surface area (Å²) < 4.78 is 5.18. The molecule has 22 heavy (non-hydrogen) atoms. The minimum Gasteiger partial charge on any atom is -0.497 e. The monoisotopic (exact) mass is 311 g/mol. The normalized spacial score (nSPS) is 17.8. The lowest BCUT2D eigenvalue weighted by atomic mass is 10.2. The summed E-state index contributed by atoms with van der Waals surface area (Å²) in [4.78, 5) is 21.0. The minimum atomic E-state index is -0.142. The molecule has 1 saturated heterocycles. The van der Waals surface area contributed by atoms with Crippen LogP contribution in [0.1, 0.15) is 5.56 Å². The predicted octanol–water partition coefficient (Wildman–Crippen LogP) is 3.62. The van der Waals surface area contributed by atoms with Crippen molar-refractivity contribution in [2.75, 3.05) is 7.11 Å². The van der Waals surface area contributed by atoms with Crippen molar-refractivity contribution in [3.05, 3.63) is 59.3 Å². The highest BCUT2D eigenvalue weighted by atomic mass is 32.2. The van der Waals surface area contributed by atoms with Crippen LogP contribution in [0.15, 0.2) is 58.7 Å². The number of thioether (sulfide) groups is 1. The summed E-state index contributed by atoms with van der Waals surface area (Å²) in [6.45, 7) is 0. The maximum Gasteiger partial charge on any atom is 0.289 e. The van der Waals surface area contributed by atoms with Crippen LogP contribution >= 0.6 is 11.8 Å². The van der Waals surface area contributed by atoms with E-state index in [1.807, 2.05) is 42.5 Å². The molecule has 1 aromatic heterocycles. The molecule has 0 bridgehead atoms. The Kier molecular flexibility index (Phi) is 4.20. The van der Waals surface area contributed by atoms with Gasteiger partial charge in [0, 0.05) is 18.5 Å². The number of rotatable bonds is 3. The number of hydrogen-bond donors (Lipinski definition) is 1. The number of amidine groups is 1. The van der Waals surface area contributed by atoms with Crippen molar-refractivity contribution in [3.8, 4) is 5.75 Å². The van der Waals surface area contributed by atoms with Gasteiger partial charge in [0.2, 0.25) is 0 Å². The van der Waals surface area contributed by atoms with E-state index >= 15 is 0 Å². The fourth-order valence-electron chi connectivity index (χ4n) is 1.93. The van der Waals surface area contributed by atoms with Crippen LogP contribution in [-0.2, 0) is 0 Å². The van der Waals surface area contributed by atoms with Crippen molar-refractivity contribution in [2.24, 2.45) is 4.99 Å². The number of ether oxygens (including phenoxy) is 1. The minimum absolute atomic E-state index is 0.142. The maximum absolute atomic E-state index is 11.7. The Bertz CT molecular complexity index is 757. The molecule has 1 aliphatic rings. The zero-order chi connectivity index (χ0) is 15.4. The van der Waals surface area contributed by atoms with Crippen LogP contribution in [0.25, 0.3) is 6.08 Å². The number of nitrogens with one attached hydrogen (secondary N) is 1. The van der Waals surface area contributed by atoms with Crippen molar-refractivity contribution in [1.29, 1.82) is 0 Å².